The van der Waals surface area contributed by atoms with E-state index >= 15 is 0 Å². The number of aromatic amines is 1. The van der Waals surface area contributed by atoms with Crippen LogP contribution in [0.5, 0.6) is 0 Å². The van der Waals surface area contributed by atoms with Gasteiger partial charge in [0.25, 0.3) is 11.8 Å². The molecule has 6 heteroatoms. The van der Waals surface area contributed by atoms with E-state index in [0.29, 0.717) is 28.7 Å². The first kappa shape index (κ1) is 9.95. The minimum absolute atomic E-state index is 0.249. The number of pyridine rings is 1. The van der Waals surface area contributed by atoms with Crippen LogP contribution in [-0.4, -0.2) is 38.4 Å². The number of nitrogens with zero attached hydrogens (tertiary/aromatic N) is 3. The summed E-state index contributed by atoms with van der Waals surface area (Å²) in [5.74, 6) is -0.511. The number of carbonyl (C=O) groups is 2. The third-order valence-electron chi connectivity index (χ3n) is 2.86. The maximum absolute atomic E-state index is 12.1. The molecule has 0 radical (unpaired) electrons. The van der Waals surface area contributed by atoms with Crippen LogP contribution < -0.4 is 0 Å². The molecular weight excluding hydrogens is 220 g/mol. The van der Waals surface area contributed by atoms with Crippen LogP contribution in [0.25, 0.3) is 11.0 Å². The Labute approximate surface area is 96.6 Å². The standard InChI is InChI=1S/C11H10N4O2/c1-2-3-15-10(16)7-4-12-9-6(5-13-14-9)8(7)11(15)17/h4-5H,2-3H2,1H3,(H,12,13,14). The SMILES string of the molecule is CCCN1C(=O)c2cnc3[nH]ncc3c2C1=O. The van der Waals surface area contributed by atoms with Crippen molar-refractivity contribution in [3.05, 3.63) is 23.5 Å². The molecule has 2 aromatic heterocycles. The summed E-state index contributed by atoms with van der Waals surface area (Å²) < 4.78 is 0. The monoisotopic (exact) mass is 230 g/mol. The molecule has 1 aliphatic rings. The number of hydrogen-bond acceptors (Lipinski definition) is 4. The van der Waals surface area contributed by atoms with Crippen molar-refractivity contribution in [1.29, 1.82) is 0 Å². The summed E-state index contributed by atoms with van der Waals surface area (Å²) in [7, 11) is 0. The van der Waals surface area contributed by atoms with E-state index in [1.54, 1.807) is 0 Å². The molecule has 0 atom stereocenters. The van der Waals surface area contributed by atoms with E-state index in [4.69, 9.17) is 0 Å². The lowest BCUT2D eigenvalue weighted by Crippen LogP contribution is -2.30. The van der Waals surface area contributed by atoms with Crippen molar-refractivity contribution < 1.29 is 9.59 Å². The first-order chi connectivity index (χ1) is 8.24. The van der Waals surface area contributed by atoms with E-state index in [2.05, 4.69) is 15.2 Å². The molecule has 6 nitrogen and oxygen atoms in total. The third-order valence-corrected chi connectivity index (χ3v) is 2.86. The van der Waals surface area contributed by atoms with E-state index in [-0.39, 0.29) is 11.8 Å². The van der Waals surface area contributed by atoms with Crippen LogP contribution in [0, 0.1) is 0 Å². The largest absolute Gasteiger partial charge is 0.274 e. The highest BCUT2D eigenvalue weighted by atomic mass is 16.2. The Hall–Kier alpha value is -2.24. The van der Waals surface area contributed by atoms with E-state index in [9.17, 15) is 9.59 Å². The van der Waals surface area contributed by atoms with E-state index in [0.717, 1.165) is 6.42 Å². The summed E-state index contributed by atoms with van der Waals surface area (Å²) in [6, 6.07) is 0. The summed E-state index contributed by atoms with van der Waals surface area (Å²) in [5, 5.41) is 7.14. The molecule has 3 rings (SSSR count). The lowest BCUT2D eigenvalue weighted by molar-refractivity contribution is 0.0655. The van der Waals surface area contributed by atoms with Crippen LogP contribution >= 0.6 is 0 Å². The van der Waals surface area contributed by atoms with Crippen molar-refractivity contribution in [1.82, 2.24) is 20.1 Å². The molecule has 2 aromatic rings. The molecular formula is C11H10N4O2. The van der Waals surface area contributed by atoms with Crippen LogP contribution in [0.3, 0.4) is 0 Å². The number of H-pyrrole nitrogens is 1. The van der Waals surface area contributed by atoms with Gasteiger partial charge in [-0.15, -0.1) is 0 Å². The van der Waals surface area contributed by atoms with Gasteiger partial charge in [-0.1, -0.05) is 6.92 Å². The molecule has 3 heterocycles. The zero-order valence-electron chi connectivity index (χ0n) is 9.23. The molecule has 1 N–H and O–H groups in total. The van der Waals surface area contributed by atoms with Crippen LogP contribution in [0.15, 0.2) is 12.4 Å². The molecule has 0 aromatic carbocycles. The number of carbonyl (C=O) groups excluding carboxylic acids is 2. The van der Waals surface area contributed by atoms with Gasteiger partial charge in [0.1, 0.15) is 0 Å². The lowest BCUT2D eigenvalue weighted by atomic mass is 10.1. The predicted octanol–water partition coefficient (Wildman–Crippen LogP) is 0.964. The van der Waals surface area contributed by atoms with E-state index < -0.39 is 0 Å². The fourth-order valence-corrected chi connectivity index (χ4v) is 2.09. The highest BCUT2D eigenvalue weighted by Gasteiger charge is 2.37. The quantitative estimate of drug-likeness (QED) is 0.779. The highest BCUT2D eigenvalue weighted by molar-refractivity contribution is 6.25. The molecule has 2 amide bonds. The van der Waals surface area contributed by atoms with Gasteiger partial charge in [0.2, 0.25) is 0 Å². The van der Waals surface area contributed by atoms with Crippen molar-refractivity contribution >= 4 is 22.8 Å². The van der Waals surface area contributed by atoms with Crippen LogP contribution in [0.4, 0.5) is 0 Å². The number of aromatic nitrogens is 3. The van der Waals surface area contributed by atoms with E-state index in [1.807, 2.05) is 6.92 Å². The number of hydrogen-bond donors (Lipinski definition) is 1. The van der Waals surface area contributed by atoms with Crippen molar-refractivity contribution in [2.75, 3.05) is 6.54 Å². The molecule has 0 bridgehead atoms. The third kappa shape index (κ3) is 1.20. The van der Waals surface area contributed by atoms with Gasteiger partial charge in [-0.2, -0.15) is 5.10 Å². The Balaban J connectivity index is 2.24. The summed E-state index contributed by atoms with van der Waals surface area (Å²) in [6.07, 6.45) is 3.71. The number of rotatable bonds is 2. The number of amides is 2. The minimum Gasteiger partial charge on any atom is -0.274 e. The molecule has 0 spiro atoms. The van der Waals surface area contributed by atoms with Crippen molar-refractivity contribution in [3.8, 4) is 0 Å². The molecule has 86 valence electrons. The van der Waals surface area contributed by atoms with Gasteiger partial charge in [0.15, 0.2) is 5.65 Å². The second-order valence-corrected chi connectivity index (χ2v) is 3.94. The molecule has 17 heavy (non-hydrogen) atoms. The Kier molecular flexibility index (Phi) is 1.98. The smallest absolute Gasteiger partial charge is 0.263 e. The van der Waals surface area contributed by atoms with Gasteiger partial charge in [0.05, 0.1) is 22.7 Å². The van der Waals surface area contributed by atoms with Crippen LogP contribution in [0.2, 0.25) is 0 Å². The Morgan fingerprint density at radius 1 is 1.29 bits per heavy atom. The molecule has 0 saturated carbocycles. The summed E-state index contributed by atoms with van der Waals surface area (Å²) >= 11 is 0. The molecule has 1 aliphatic heterocycles. The average Bonchev–Trinajstić information content (AvgIpc) is 2.88. The van der Waals surface area contributed by atoms with E-state index in [1.165, 1.54) is 17.3 Å². The highest BCUT2D eigenvalue weighted by Crippen LogP contribution is 2.27. The van der Waals surface area contributed by atoms with Crippen molar-refractivity contribution in [2.45, 2.75) is 13.3 Å². The lowest BCUT2D eigenvalue weighted by Gasteiger charge is -2.11. The van der Waals surface area contributed by atoms with Gasteiger partial charge in [0, 0.05) is 12.7 Å². The van der Waals surface area contributed by atoms with Crippen LogP contribution in [-0.2, 0) is 0 Å². The predicted molar refractivity (Wildman–Crippen MR) is 59.5 cm³/mol. The maximum Gasteiger partial charge on any atom is 0.263 e. The molecule has 0 saturated heterocycles. The second-order valence-electron chi connectivity index (χ2n) is 3.94. The van der Waals surface area contributed by atoms with Gasteiger partial charge in [-0.25, -0.2) is 4.98 Å². The minimum atomic E-state index is -0.262. The second kappa shape index (κ2) is 3.38. The molecule has 0 fully saturated rings. The molecule has 0 aliphatic carbocycles. The van der Waals surface area contributed by atoms with Gasteiger partial charge >= 0.3 is 0 Å². The Bertz CT molecular complexity index is 631. The normalized spacial score (nSPS) is 14.8. The Morgan fingerprint density at radius 3 is 2.88 bits per heavy atom. The fourth-order valence-electron chi connectivity index (χ4n) is 2.09. The topological polar surface area (TPSA) is 79.0 Å². The first-order valence-corrected chi connectivity index (χ1v) is 5.42. The summed E-state index contributed by atoms with van der Waals surface area (Å²) in [6.45, 7) is 2.36. The maximum atomic E-state index is 12.1. The Morgan fingerprint density at radius 2 is 2.12 bits per heavy atom. The van der Waals surface area contributed by atoms with Gasteiger partial charge in [-0.3, -0.25) is 19.6 Å². The van der Waals surface area contributed by atoms with Crippen LogP contribution in [0.1, 0.15) is 34.1 Å². The van der Waals surface area contributed by atoms with Crippen molar-refractivity contribution in [3.63, 3.8) is 0 Å². The van der Waals surface area contributed by atoms with Crippen molar-refractivity contribution in [2.24, 2.45) is 0 Å². The zero-order valence-corrected chi connectivity index (χ0v) is 9.23. The first-order valence-electron chi connectivity index (χ1n) is 5.42. The van der Waals surface area contributed by atoms with Gasteiger partial charge < -0.3 is 0 Å². The fraction of sp³-hybridized carbons (Fsp3) is 0.273. The molecule has 0 unspecified atom stereocenters. The average molecular weight is 230 g/mol. The summed E-state index contributed by atoms with van der Waals surface area (Å²) in [4.78, 5) is 29.5. The summed E-state index contributed by atoms with van der Waals surface area (Å²) in [5.41, 5.74) is 1.32. The zero-order chi connectivity index (χ0) is 12.0. The number of fused-ring (bicyclic) bond motifs is 3. The number of imide groups is 1. The number of nitrogens with one attached hydrogen (secondary N) is 1. The van der Waals surface area contributed by atoms with Gasteiger partial charge in [-0.05, 0) is 6.42 Å².